The third-order valence-corrected chi connectivity index (χ3v) is 9.96. The van der Waals surface area contributed by atoms with Crippen LogP contribution in [0.4, 0.5) is 0 Å². The van der Waals surface area contributed by atoms with Gasteiger partial charge in [0.1, 0.15) is 0 Å². The van der Waals surface area contributed by atoms with Crippen LogP contribution in [0.15, 0.2) is 12.2 Å². The number of allylic oxidation sites excluding steroid dienone is 2. The number of hydrogen-bond donors (Lipinski definition) is 0. The molecule has 1 heterocycles. The van der Waals surface area contributed by atoms with Crippen molar-refractivity contribution in [3.8, 4) is 0 Å². The van der Waals surface area contributed by atoms with Crippen LogP contribution in [0.25, 0.3) is 0 Å². The van der Waals surface area contributed by atoms with Crippen LogP contribution < -0.4 is 0 Å². The van der Waals surface area contributed by atoms with E-state index in [0.29, 0.717) is 10.2 Å². The molecule has 0 radical (unpaired) electrons. The molecule has 7 atom stereocenters. The van der Waals surface area contributed by atoms with Crippen molar-refractivity contribution in [2.24, 2.45) is 34.5 Å². The van der Waals surface area contributed by atoms with Crippen molar-refractivity contribution in [1.82, 2.24) is 0 Å². The molecule has 4 fully saturated rings. The highest BCUT2D eigenvalue weighted by Gasteiger charge is 2.70. The normalized spacial score (nSPS) is 55.2. The topological polar surface area (TPSA) is 18.5 Å². The van der Waals surface area contributed by atoms with E-state index in [-0.39, 0.29) is 11.2 Å². The summed E-state index contributed by atoms with van der Waals surface area (Å²) in [6, 6.07) is 0. The lowest BCUT2D eigenvalue weighted by molar-refractivity contribution is -0.243. The van der Waals surface area contributed by atoms with Crippen molar-refractivity contribution in [3.63, 3.8) is 0 Å². The predicted octanol–water partition coefficient (Wildman–Crippen LogP) is 5.31. The van der Waals surface area contributed by atoms with Gasteiger partial charge in [-0.05, 0) is 74.0 Å². The molecule has 4 aliphatic carbocycles. The first kappa shape index (κ1) is 16.3. The first-order valence-corrected chi connectivity index (χ1v) is 11.0. The Morgan fingerprint density at radius 1 is 1.00 bits per heavy atom. The number of ether oxygens (including phenoxy) is 2. The average Bonchev–Trinajstić information content (AvgIpc) is 3.15. The van der Waals surface area contributed by atoms with Gasteiger partial charge in [-0.3, -0.25) is 0 Å². The van der Waals surface area contributed by atoms with Crippen molar-refractivity contribution in [2.45, 2.75) is 69.4 Å². The molecule has 3 saturated carbocycles. The Bertz CT molecular complexity index is 554. The maximum absolute atomic E-state index is 6.32. The Kier molecular flexibility index (Phi) is 3.62. The number of fused-ring (bicyclic) bond motifs is 6. The highest BCUT2D eigenvalue weighted by atomic mass is 79.9. The van der Waals surface area contributed by atoms with Gasteiger partial charge < -0.3 is 9.47 Å². The average molecular weight is 395 g/mol. The Hall–Kier alpha value is 0.140. The SMILES string of the molecule is C[C@]12CC=CC[C@@H]1CC[C@H]1[C@H]2CC[C@@]2(C)[C@@H]1C[C@@H](Br)C21OCCO1. The second-order valence-corrected chi connectivity index (χ2v) is 10.7. The van der Waals surface area contributed by atoms with Gasteiger partial charge >= 0.3 is 0 Å². The molecule has 5 rings (SSSR count). The van der Waals surface area contributed by atoms with Gasteiger partial charge in [-0.1, -0.05) is 41.9 Å². The molecule has 134 valence electrons. The largest absolute Gasteiger partial charge is 0.346 e. The summed E-state index contributed by atoms with van der Waals surface area (Å²) in [5.74, 6) is 3.08. The van der Waals surface area contributed by atoms with Crippen molar-refractivity contribution in [2.75, 3.05) is 13.2 Å². The zero-order valence-electron chi connectivity index (χ0n) is 15.1. The number of rotatable bonds is 0. The molecule has 0 amide bonds. The maximum Gasteiger partial charge on any atom is 0.186 e. The Labute approximate surface area is 154 Å². The van der Waals surface area contributed by atoms with Crippen LogP contribution in [0.1, 0.15) is 58.8 Å². The number of alkyl halides is 1. The van der Waals surface area contributed by atoms with Crippen molar-refractivity contribution in [3.05, 3.63) is 12.2 Å². The Morgan fingerprint density at radius 3 is 2.58 bits per heavy atom. The van der Waals surface area contributed by atoms with E-state index in [1.54, 1.807) is 0 Å². The number of hydrogen-bond acceptors (Lipinski definition) is 2. The Morgan fingerprint density at radius 2 is 1.79 bits per heavy atom. The minimum absolute atomic E-state index is 0.187. The molecule has 0 aromatic carbocycles. The van der Waals surface area contributed by atoms with Gasteiger partial charge in [0.15, 0.2) is 5.79 Å². The summed E-state index contributed by atoms with van der Waals surface area (Å²) in [5, 5.41) is 0. The van der Waals surface area contributed by atoms with E-state index in [2.05, 4.69) is 41.9 Å². The standard InChI is InChI=1S/C21H31BrO2/c1-19-9-4-3-5-14(19)6-7-15-16(19)8-10-20(2)17(15)13-18(22)21(20)23-11-12-24-21/h3-4,14-18H,5-13H2,1-2H3/t14-,15+,16-,17-,18-,19+,20+/m1/s1. The molecule has 1 spiro atoms. The molecule has 1 saturated heterocycles. The third kappa shape index (κ3) is 1.85. The highest BCUT2D eigenvalue weighted by Crippen LogP contribution is 2.70. The quantitative estimate of drug-likeness (QED) is 0.409. The summed E-state index contributed by atoms with van der Waals surface area (Å²) in [4.78, 5) is 0.359. The van der Waals surface area contributed by atoms with E-state index in [1.165, 1.54) is 44.9 Å². The first-order valence-electron chi connectivity index (χ1n) is 10.1. The van der Waals surface area contributed by atoms with Crippen LogP contribution in [0.3, 0.4) is 0 Å². The van der Waals surface area contributed by atoms with Gasteiger partial charge in [-0.15, -0.1) is 0 Å². The van der Waals surface area contributed by atoms with Crippen LogP contribution in [-0.2, 0) is 9.47 Å². The fraction of sp³-hybridized carbons (Fsp3) is 0.905. The summed E-state index contributed by atoms with van der Waals surface area (Å²) in [6.07, 6.45) is 14.3. The molecule has 0 bridgehead atoms. The fourth-order valence-electron chi connectivity index (χ4n) is 7.70. The lowest BCUT2D eigenvalue weighted by Crippen LogP contribution is -2.57. The van der Waals surface area contributed by atoms with Gasteiger partial charge in [0, 0.05) is 5.41 Å². The van der Waals surface area contributed by atoms with Crippen LogP contribution in [0.5, 0.6) is 0 Å². The molecule has 3 heteroatoms. The van der Waals surface area contributed by atoms with E-state index < -0.39 is 0 Å². The van der Waals surface area contributed by atoms with Crippen molar-refractivity contribution < 1.29 is 9.47 Å². The second kappa shape index (κ2) is 5.33. The van der Waals surface area contributed by atoms with Gasteiger partial charge in [0.05, 0.1) is 18.0 Å². The minimum atomic E-state index is -0.354. The predicted molar refractivity (Wildman–Crippen MR) is 99.0 cm³/mol. The molecule has 0 N–H and O–H groups in total. The summed E-state index contributed by atoms with van der Waals surface area (Å²) in [7, 11) is 0. The van der Waals surface area contributed by atoms with Gasteiger partial charge in [0.2, 0.25) is 0 Å². The van der Waals surface area contributed by atoms with Gasteiger partial charge in [-0.2, -0.15) is 0 Å². The van der Waals surface area contributed by atoms with Crippen LogP contribution in [-0.4, -0.2) is 23.8 Å². The van der Waals surface area contributed by atoms with E-state index in [4.69, 9.17) is 9.47 Å². The first-order chi connectivity index (χ1) is 11.5. The van der Waals surface area contributed by atoms with Crippen LogP contribution >= 0.6 is 15.9 Å². The second-order valence-electron chi connectivity index (χ2n) is 9.59. The Balaban J connectivity index is 1.51. The van der Waals surface area contributed by atoms with E-state index in [9.17, 15) is 0 Å². The zero-order chi connectivity index (χ0) is 16.6. The van der Waals surface area contributed by atoms with E-state index in [0.717, 1.165) is 36.9 Å². The van der Waals surface area contributed by atoms with E-state index in [1.807, 2.05) is 0 Å². The maximum atomic E-state index is 6.32. The summed E-state index contributed by atoms with van der Waals surface area (Å²) in [5.41, 5.74) is 0.723. The molecular formula is C21H31BrO2. The van der Waals surface area contributed by atoms with E-state index >= 15 is 0 Å². The van der Waals surface area contributed by atoms with Gasteiger partial charge in [0.25, 0.3) is 0 Å². The molecule has 2 nitrogen and oxygen atoms in total. The molecule has 5 aliphatic rings. The molecule has 0 unspecified atom stereocenters. The number of halogens is 1. The van der Waals surface area contributed by atoms with Crippen molar-refractivity contribution in [1.29, 1.82) is 0 Å². The minimum Gasteiger partial charge on any atom is -0.346 e. The highest BCUT2D eigenvalue weighted by molar-refractivity contribution is 9.09. The monoisotopic (exact) mass is 394 g/mol. The van der Waals surface area contributed by atoms with Crippen LogP contribution in [0, 0.1) is 34.5 Å². The zero-order valence-corrected chi connectivity index (χ0v) is 16.7. The molecule has 1 aliphatic heterocycles. The molecule has 0 aromatic rings. The third-order valence-electron chi connectivity index (χ3n) is 8.99. The van der Waals surface area contributed by atoms with Crippen LogP contribution in [0.2, 0.25) is 0 Å². The summed E-state index contributed by atoms with van der Waals surface area (Å²) < 4.78 is 12.6. The molecular weight excluding hydrogens is 364 g/mol. The lowest BCUT2D eigenvalue weighted by Gasteiger charge is -2.60. The molecule has 24 heavy (non-hydrogen) atoms. The van der Waals surface area contributed by atoms with Gasteiger partial charge in [-0.25, -0.2) is 0 Å². The smallest absolute Gasteiger partial charge is 0.186 e. The summed E-state index contributed by atoms with van der Waals surface area (Å²) >= 11 is 3.99. The fourth-order valence-corrected chi connectivity index (χ4v) is 8.89. The summed E-state index contributed by atoms with van der Waals surface area (Å²) in [6.45, 7) is 6.63. The molecule has 0 aromatic heterocycles. The lowest BCUT2D eigenvalue weighted by atomic mass is 9.45. The van der Waals surface area contributed by atoms with Crippen molar-refractivity contribution >= 4 is 15.9 Å².